The number of oxazole rings is 1. The SMILES string of the molecule is C[C@H](NC(=O)CCCn1c(=O)oc2cc([N+](=O)[O-])ccc21)c1ccccc1. The molecule has 1 atom stereocenters. The van der Waals surface area contributed by atoms with Crippen LogP contribution in [0, 0.1) is 10.1 Å². The molecule has 0 aliphatic heterocycles. The molecular weight excluding hydrogens is 350 g/mol. The van der Waals surface area contributed by atoms with E-state index in [0.717, 1.165) is 5.56 Å². The summed E-state index contributed by atoms with van der Waals surface area (Å²) in [6, 6.07) is 13.6. The molecule has 0 saturated heterocycles. The van der Waals surface area contributed by atoms with Gasteiger partial charge in [0.1, 0.15) is 0 Å². The Morgan fingerprint density at radius 2 is 2.00 bits per heavy atom. The molecule has 1 aromatic heterocycles. The lowest BCUT2D eigenvalue weighted by molar-refractivity contribution is -0.384. The van der Waals surface area contributed by atoms with E-state index in [0.29, 0.717) is 11.9 Å². The Morgan fingerprint density at radius 1 is 1.26 bits per heavy atom. The molecule has 27 heavy (non-hydrogen) atoms. The number of non-ortho nitro benzene ring substituents is 1. The number of aromatic nitrogens is 1. The van der Waals surface area contributed by atoms with Gasteiger partial charge >= 0.3 is 5.76 Å². The molecule has 0 saturated carbocycles. The Kier molecular flexibility index (Phi) is 5.35. The van der Waals surface area contributed by atoms with Crippen LogP contribution in [0.15, 0.2) is 57.7 Å². The van der Waals surface area contributed by atoms with Gasteiger partial charge in [0, 0.05) is 19.0 Å². The average molecular weight is 369 g/mol. The Morgan fingerprint density at radius 3 is 2.70 bits per heavy atom. The third-order valence-electron chi connectivity index (χ3n) is 4.33. The molecule has 0 bridgehead atoms. The predicted octanol–water partition coefficient (Wildman–Crippen LogP) is 3.16. The number of aryl methyl sites for hydroxylation is 1. The number of nitrogens with zero attached hydrogens (tertiary/aromatic N) is 2. The minimum Gasteiger partial charge on any atom is -0.407 e. The van der Waals surface area contributed by atoms with E-state index >= 15 is 0 Å². The molecule has 0 aliphatic rings. The van der Waals surface area contributed by atoms with Crippen LogP contribution in [0.25, 0.3) is 11.1 Å². The molecule has 0 radical (unpaired) electrons. The van der Waals surface area contributed by atoms with Crippen molar-refractivity contribution in [3.8, 4) is 0 Å². The predicted molar refractivity (Wildman–Crippen MR) is 99.4 cm³/mol. The minimum absolute atomic E-state index is 0.100. The smallest absolute Gasteiger partial charge is 0.407 e. The summed E-state index contributed by atoms with van der Waals surface area (Å²) in [5.74, 6) is -0.702. The van der Waals surface area contributed by atoms with Crippen molar-refractivity contribution in [2.24, 2.45) is 0 Å². The number of carbonyl (C=O) groups is 1. The first-order valence-corrected chi connectivity index (χ1v) is 8.58. The lowest BCUT2D eigenvalue weighted by Gasteiger charge is -2.14. The number of carbonyl (C=O) groups excluding carboxylic acids is 1. The van der Waals surface area contributed by atoms with Crippen molar-refractivity contribution in [1.29, 1.82) is 0 Å². The quantitative estimate of drug-likeness (QED) is 0.508. The Hall–Kier alpha value is -3.42. The maximum atomic E-state index is 12.1. The van der Waals surface area contributed by atoms with Crippen LogP contribution in [0.2, 0.25) is 0 Å². The molecule has 2 aromatic carbocycles. The number of hydrogen-bond donors (Lipinski definition) is 1. The van der Waals surface area contributed by atoms with Crippen LogP contribution in [0.1, 0.15) is 31.4 Å². The normalized spacial score (nSPS) is 12.0. The fourth-order valence-corrected chi connectivity index (χ4v) is 2.92. The molecule has 0 unspecified atom stereocenters. The highest BCUT2D eigenvalue weighted by molar-refractivity contribution is 5.77. The molecule has 1 amide bonds. The average Bonchev–Trinajstić information content (AvgIpc) is 2.97. The summed E-state index contributed by atoms with van der Waals surface area (Å²) >= 11 is 0. The molecule has 8 heteroatoms. The Balaban J connectivity index is 1.60. The van der Waals surface area contributed by atoms with Crippen molar-refractivity contribution >= 4 is 22.7 Å². The highest BCUT2D eigenvalue weighted by Crippen LogP contribution is 2.20. The molecule has 8 nitrogen and oxygen atoms in total. The second-order valence-corrected chi connectivity index (χ2v) is 6.23. The molecule has 1 N–H and O–H groups in total. The van der Waals surface area contributed by atoms with E-state index < -0.39 is 10.7 Å². The lowest BCUT2D eigenvalue weighted by atomic mass is 10.1. The van der Waals surface area contributed by atoms with Crippen molar-refractivity contribution < 1.29 is 14.1 Å². The summed E-state index contributed by atoms with van der Waals surface area (Å²) in [7, 11) is 0. The number of hydrogen-bond acceptors (Lipinski definition) is 5. The van der Waals surface area contributed by atoms with Crippen molar-refractivity contribution in [3.05, 3.63) is 74.8 Å². The largest absolute Gasteiger partial charge is 0.419 e. The monoisotopic (exact) mass is 369 g/mol. The van der Waals surface area contributed by atoms with E-state index in [-0.39, 0.29) is 36.2 Å². The van der Waals surface area contributed by atoms with E-state index in [4.69, 9.17) is 4.42 Å². The molecule has 3 aromatic rings. The van der Waals surface area contributed by atoms with Gasteiger partial charge in [0.25, 0.3) is 5.69 Å². The summed E-state index contributed by atoms with van der Waals surface area (Å²) in [6.45, 7) is 2.20. The van der Waals surface area contributed by atoms with Crippen molar-refractivity contribution in [2.45, 2.75) is 32.4 Å². The summed E-state index contributed by atoms with van der Waals surface area (Å²) < 4.78 is 6.45. The van der Waals surface area contributed by atoms with Gasteiger partial charge in [0.15, 0.2) is 5.58 Å². The third kappa shape index (κ3) is 4.22. The van der Waals surface area contributed by atoms with Gasteiger partial charge in [-0.2, -0.15) is 0 Å². The standard InChI is InChI=1S/C19H19N3O5/c1-13(14-6-3-2-4-7-14)20-18(23)8-5-11-21-16-10-9-15(22(25)26)12-17(16)27-19(21)24/h2-4,6-7,9-10,12-13H,5,8,11H2,1H3,(H,20,23)/t13-/m0/s1. The summed E-state index contributed by atoms with van der Waals surface area (Å²) in [4.78, 5) is 34.4. The van der Waals surface area contributed by atoms with Gasteiger partial charge in [0.05, 0.1) is 22.5 Å². The molecule has 0 fully saturated rings. The van der Waals surface area contributed by atoms with Crippen LogP contribution in [0.4, 0.5) is 5.69 Å². The van der Waals surface area contributed by atoms with E-state index in [2.05, 4.69) is 5.32 Å². The zero-order chi connectivity index (χ0) is 19.4. The van der Waals surface area contributed by atoms with Gasteiger partial charge in [-0.1, -0.05) is 30.3 Å². The van der Waals surface area contributed by atoms with Crippen molar-refractivity contribution in [3.63, 3.8) is 0 Å². The molecule has 0 aliphatic carbocycles. The fraction of sp³-hybridized carbons (Fsp3) is 0.263. The fourth-order valence-electron chi connectivity index (χ4n) is 2.92. The van der Waals surface area contributed by atoms with E-state index in [1.165, 1.54) is 22.8 Å². The number of fused-ring (bicyclic) bond motifs is 1. The zero-order valence-electron chi connectivity index (χ0n) is 14.8. The van der Waals surface area contributed by atoms with Gasteiger partial charge in [0.2, 0.25) is 5.91 Å². The lowest BCUT2D eigenvalue weighted by Crippen LogP contribution is -2.27. The first-order chi connectivity index (χ1) is 13.0. The van der Waals surface area contributed by atoms with Crippen molar-refractivity contribution in [1.82, 2.24) is 9.88 Å². The molecule has 3 rings (SSSR count). The van der Waals surface area contributed by atoms with Crippen molar-refractivity contribution in [2.75, 3.05) is 0 Å². The van der Waals surface area contributed by atoms with Gasteiger partial charge in [-0.3, -0.25) is 19.5 Å². The second kappa shape index (κ2) is 7.86. The number of nitro groups is 1. The summed E-state index contributed by atoms with van der Waals surface area (Å²) in [5, 5.41) is 13.7. The van der Waals surface area contributed by atoms with E-state index in [9.17, 15) is 19.7 Å². The van der Waals surface area contributed by atoms with Gasteiger partial charge in [-0.15, -0.1) is 0 Å². The Labute approximate surface area is 154 Å². The summed E-state index contributed by atoms with van der Waals surface area (Å²) in [5.41, 5.74) is 1.52. The van der Waals surface area contributed by atoms with Crippen LogP contribution in [0.5, 0.6) is 0 Å². The number of nitro benzene ring substituents is 1. The number of benzene rings is 2. The highest BCUT2D eigenvalue weighted by atomic mass is 16.6. The Bertz CT molecular complexity index is 1020. The highest BCUT2D eigenvalue weighted by Gasteiger charge is 2.15. The molecule has 1 heterocycles. The first kappa shape index (κ1) is 18.4. The van der Waals surface area contributed by atoms with Gasteiger partial charge in [-0.25, -0.2) is 4.79 Å². The maximum absolute atomic E-state index is 12.1. The number of amides is 1. The van der Waals surface area contributed by atoms with Gasteiger partial charge in [-0.05, 0) is 25.0 Å². The van der Waals surface area contributed by atoms with Crippen LogP contribution >= 0.6 is 0 Å². The third-order valence-corrected chi connectivity index (χ3v) is 4.33. The topological polar surface area (TPSA) is 107 Å². The number of rotatable bonds is 7. The van der Waals surface area contributed by atoms with E-state index in [1.54, 1.807) is 0 Å². The van der Waals surface area contributed by atoms with E-state index in [1.807, 2.05) is 37.3 Å². The summed E-state index contributed by atoms with van der Waals surface area (Å²) in [6.07, 6.45) is 0.697. The minimum atomic E-state index is -0.594. The molecule has 0 spiro atoms. The molecule has 140 valence electrons. The van der Waals surface area contributed by atoms with Crippen LogP contribution in [-0.4, -0.2) is 15.4 Å². The van der Waals surface area contributed by atoms with Crippen LogP contribution in [0.3, 0.4) is 0 Å². The van der Waals surface area contributed by atoms with Gasteiger partial charge < -0.3 is 9.73 Å². The van der Waals surface area contributed by atoms with Crippen LogP contribution < -0.4 is 11.1 Å². The zero-order valence-corrected chi connectivity index (χ0v) is 14.8. The first-order valence-electron chi connectivity index (χ1n) is 8.58. The molecular formula is C19H19N3O5. The second-order valence-electron chi connectivity index (χ2n) is 6.23. The van der Waals surface area contributed by atoms with Crippen LogP contribution in [-0.2, 0) is 11.3 Å². The number of nitrogens with one attached hydrogen (secondary N) is 1. The maximum Gasteiger partial charge on any atom is 0.419 e.